The standard InChI is InChI=1S/C21H16ClFN2O3S2/c22-16-5-1-15(2-6-16)13-25-18-9-10-29-21(18)20(26)19(30(25,27)28)12-24-11-14-3-7-17(23)8-4-14/h1-10,12,24H,11,13H2. The number of benzene rings is 2. The number of Topliss-reactive ketones (excluding diaryl/α,β-unsaturated/α-hetero) is 1. The van der Waals surface area contributed by atoms with Crippen LogP contribution in [0.4, 0.5) is 10.1 Å². The number of halogens is 2. The zero-order chi connectivity index (χ0) is 21.3. The number of fused-ring (bicyclic) bond motifs is 1. The molecule has 0 radical (unpaired) electrons. The molecule has 4 rings (SSSR count). The second-order valence-corrected chi connectivity index (χ2v) is 9.80. The van der Waals surface area contributed by atoms with Gasteiger partial charge in [0.15, 0.2) is 4.91 Å². The van der Waals surface area contributed by atoms with Crippen molar-refractivity contribution in [3.8, 4) is 0 Å². The van der Waals surface area contributed by atoms with Gasteiger partial charge in [-0.15, -0.1) is 11.3 Å². The summed E-state index contributed by atoms with van der Waals surface area (Å²) in [5.41, 5.74) is 1.87. The van der Waals surface area contributed by atoms with E-state index in [1.807, 2.05) is 0 Å². The Hall–Kier alpha value is -2.68. The molecule has 0 unspecified atom stereocenters. The molecule has 0 aliphatic carbocycles. The van der Waals surface area contributed by atoms with E-state index in [2.05, 4.69) is 5.32 Å². The third-order valence-corrected chi connectivity index (χ3v) is 7.52. The number of thiophene rings is 1. The molecular formula is C21H16ClFN2O3S2. The summed E-state index contributed by atoms with van der Waals surface area (Å²) in [6, 6.07) is 14.3. The molecule has 0 atom stereocenters. The molecule has 1 N–H and O–H groups in total. The Balaban J connectivity index is 1.65. The summed E-state index contributed by atoms with van der Waals surface area (Å²) >= 11 is 7.12. The molecule has 0 amide bonds. The van der Waals surface area contributed by atoms with Gasteiger partial charge in [-0.25, -0.2) is 12.8 Å². The second-order valence-electron chi connectivity index (χ2n) is 6.62. The van der Waals surface area contributed by atoms with Crippen LogP contribution in [0.2, 0.25) is 5.02 Å². The number of ketones is 1. The molecule has 30 heavy (non-hydrogen) atoms. The second kappa shape index (κ2) is 8.22. The topological polar surface area (TPSA) is 66.5 Å². The van der Waals surface area contributed by atoms with Gasteiger partial charge in [0.2, 0.25) is 5.78 Å². The Morgan fingerprint density at radius 2 is 1.70 bits per heavy atom. The average molecular weight is 463 g/mol. The zero-order valence-electron chi connectivity index (χ0n) is 15.5. The molecule has 0 fully saturated rings. The highest BCUT2D eigenvalue weighted by molar-refractivity contribution is 7.97. The van der Waals surface area contributed by atoms with Gasteiger partial charge in [-0.1, -0.05) is 35.9 Å². The number of nitrogens with zero attached hydrogens (tertiary/aromatic N) is 1. The minimum absolute atomic E-state index is 0.0752. The molecule has 3 aromatic rings. The summed E-state index contributed by atoms with van der Waals surface area (Å²) in [5, 5.41) is 5.12. The van der Waals surface area contributed by atoms with Gasteiger partial charge in [0.1, 0.15) is 10.7 Å². The van der Waals surface area contributed by atoms with Crippen molar-refractivity contribution in [3.63, 3.8) is 0 Å². The molecule has 9 heteroatoms. The van der Waals surface area contributed by atoms with Crippen LogP contribution >= 0.6 is 22.9 Å². The number of rotatable bonds is 5. The van der Waals surface area contributed by atoms with E-state index < -0.39 is 15.8 Å². The third kappa shape index (κ3) is 3.98. The maximum absolute atomic E-state index is 13.3. The highest BCUT2D eigenvalue weighted by Gasteiger charge is 2.41. The van der Waals surface area contributed by atoms with Crippen molar-refractivity contribution in [2.75, 3.05) is 4.31 Å². The van der Waals surface area contributed by atoms with Gasteiger partial charge in [0, 0.05) is 17.8 Å². The fraction of sp³-hybridized carbons (Fsp3) is 0.0952. The van der Waals surface area contributed by atoms with Crippen LogP contribution in [0.5, 0.6) is 0 Å². The summed E-state index contributed by atoms with van der Waals surface area (Å²) in [6.45, 7) is 0.326. The lowest BCUT2D eigenvalue weighted by Crippen LogP contribution is -2.38. The lowest BCUT2D eigenvalue weighted by Gasteiger charge is -2.29. The summed E-state index contributed by atoms with van der Waals surface area (Å²) in [6.07, 6.45) is 1.22. The fourth-order valence-corrected chi connectivity index (χ4v) is 5.71. The monoisotopic (exact) mass is 462 g/mol. The van der Waals surface area contributed by atoms with Gasteiger partial charge in [-0.3, -0.25) is 9.10 Å². The Kier molecular flexibility index (Phi) is 5.64. The Bertz CT molecular complexity index is 1220. The van der Waals surface area contributed by atoms with Gasteiger partial charge in [0.25, 0.3) is 10.0 Å². The molecule has 5 nitrogen and oxygen atoms in total. The molecule has 1 aliphatic heterocycles. The predicted octanol–water partition coefficient (Wildman–Crippen LogP) is 4.70. The largest absolute Gasteiger partial charge is 0.386 e. The molecule has 0 spiro atoms. The van der Waals surface area contributed by atoms with E-state index >= 15 is 0 Å². The van der Waals surface area contributed by atoms with Crippen molar-refractivity contribution < 1.29 is 17.6 Å². The minimum atomic E-state index is -4.07. The van der Waals surface area contributed by atoms with Gasteiger partial charge in [-0.05, 0) is 46.8 Å². The smallest absolute Gasteiger partial charge is 0.270 e. The molecule has 1 aromatic heterocycles. The lowest BCUT2D eigenvalue weighted by molar-refractivity contribution is 0.104. The van der Waals surface area contributed by atoms with Crippen molar-refractivity contribution in [1.82, 2.24) is 5.32 Å². The maximum Gasteiger partial charge on any atom is 0.270 e. The number of anilines is 1. The van der Waals surface area contributed by atoms with E-state index in [1.54, 1.807) is 47.8 Å². The quantitative estimate of drug-likeness (QED) is 0.558. The van der Waals surface area contributed by atoms with E-state index in [1.165, 1.54) is 34.0 Å². The summed E-state index contributed by atoms with van der Waals surface area (Å²) in [4.78, 5) is 12.9. The van der Waals surface area contributed by atoms with Crippen LogP contribution < -0.4 is 9.62 Å². The first-order chi connectivity index (χ1) is 14.4. The van der Waals surface area contributed by atoms with E-state index in [0.717, 1.165) is 11.1 Å². The lowest BCUT2D eigenvalue weighted by atomic mass is 10.2. The SMILES string of the molecule is O=C1C(=CNCc2ccc(F)cc2)S(=O)(=O)N(Cc2ccc(Cl)cc2)c2ccsc21. The first kappa shape index (κ1) is 20.6. The molecule has 0 saturated heterocycles. The first-order valence-corrected chi connectivity index (χ1v) is 11.6. The number of sulfonamides is 1. The molecule has 154 valence electrons. The van der Waals surface area contributed by atoms with Gasteiger partial charge in [0.05, 0.1) is 12.2 Å². The number of allylic oxidation sites excluding steroid dienone is 1. The molecule has 1 aliphatic rings. The van der Waals surface area contributed by atoms with Crippen molar-refractivity contribution >= 4 is 44.4 Å². The summed E-state index contributed by atoms with van der Waals surface area (Å²) < 4.78 is 40.8. The zero-order valence-corrected chi connectivity index (χ0v) is 17.9. The minimum Gasteiger partial charge on any atom is -0.386 e. The van der Waals surface area contributed by atoms with Crippen LogP contribution in [0.15, 0.2) is 71.1 Å². The Labute approximate surface area is 182 Å². The molecular weight excluding hydrogens is 447 g/mol. The number of hydrogen-bond donors (Lipinski definition) is 1. The Morgan fingerprint density at radius 1 is 1.03 bits per heavy atom. The van der Waals surface area contributed by atoms with E-state index in [9.17, 15) is 17.6 Å². The summed E-state index contributed by atoms with van der Waals surface area (Å²) in [7, 11) is -4.07. The van der Waals surface area contributed by atoms with Crippen molar-refractivity contribution in [3.05, 3.63) is 97.9 Å². The fourth-order valence-electron chi connectivity index (χ4n) is 3.08. The van der Waals surface area contributed by atoms with Crippen molar-refractivity contribution in [2.24, 2.45) is 0 Å². The van der Waals surface area contributed by atoms with Crippen LogP contribution in [0.25, 0.3) is 0 Å². The van der Waals surface area contributed by atoms with Crippen LogP contribution in [0.1, 0.15) is 20.8 Å². The van der Waals surface area contributed by atoms with E-state index in [4.69, 9.17) is 11.6 Å². The van der Waals surface area contributed by atoms with Crippen LogP contribution in [-0.2, 0) is 23.1 Å². The number of carbonyl (C=O) groups excluding carboxylic acids is 1. The van der Waals surface area contributed by atoms with Gasteiger partial charge < -0.3 is 5.32 Å². The normalized spacial score (nSPS) is 16.5. The van der Waals surface area contributed by atoms with Crippen LogP contribution in [0, 0.1) is 5.82 Å². The molecule has 0 bridgehead atoms. The average Bonchev–Trinajstić information content (AvgIpc) is 3.20. The van der Waals surface area contributed by atoms with Gasteiger partial charge >= 0.3 is 0 Å². The van der Waals surface area contributed by atoms with E-state index in [0.29, 0.717) is 15.6 Å². The molecule has 0 saturated carbocycles. The number of hydrogen-bond acceptors (Lipinski definition) is 5. The number of nitrogens with one attached hydrogen (secondary N) is 1. The highest BCUT2D eigenvalue weighted by Crippen LogP contribution is 2.39. The Morgan fingerprint density at radius 3 is 2.40 bits per heavy atom. The first-order valence-electron chi connectivity index (χ1n) is 8.93. The van der Waals surface area contributed by atoms with E-state index in [-0.39, 0.29) is 23.8 Å². The molecule has 2 heterocycles. The van der Waals surface area contributed by atoms with Crippen molar-refractivity contribution in [2.45, 2.75) is 13.1 Å². The van der Waals surface area contributed by atoms with Gasteiger partial charge in [-0.2, -0.15) is 0 Å². The van der Waals surface area contributed by atoms with Crippen LogP contribution in [-0.4, -0.2) is 14.2 Å². The number of carbonyl (C=O) groups is 1. The van der Waals surface area contributed by atoms with Crippen molar-refractivity contribution in [1.29, 1.82) is 0 Å². The highest BCUT2D eigenvalue weighted by atomic mass is 35.5. The summed E-state index contributed by atoms with van der Waals surface area (Å²) in [5.74, 6) is -0.899. The maximum atomic E-state index is 13.3. The third-order valence-electron chi connectivity index (χ3n) is 4.60. The van der Waals surface area contributed by atoms with Crippen LogP contribution in [0.3, 0.4) is 0 Å². The molecule has 2 aromatic carbocycles. The predicted molar refractivity (Wildman–Crippen MR) is 117 cm³/mol.